The van der Waals surface area contributed by atoms with E-state index < -0.39 is 29.4 Å². The summed E-state index contributed by atoms with van der Waals surface area (Å²) in [5.74, 6) is -2.80. The van der Waals surface area contributed by atoms with Gasteiger partial charge in [-0.15, -0.1) is 0 Å². The first kappa shape index (κ1) is 19.1. The molecule has 0 radical (unpaired) electrons. The fourth-order valence-electron chi connectivity index (χ4n) is 4.49. The van der Waals surface area contributed by atoms with Crippen LogP contribution >= 0.6 is 0 Å². The van der Waals surface area contributed by atoms with Crippen LogP contribution in [0.1, 0.15) is 24.1 Å². The van der Waals surface area contributed by atoms with Crippen molar-refractivity contribution in [3.8, 4) is 5.75 Å². The van der Waals surface area contributed by atoms with E-state index in [0.717, 1.165) is 5.56 Å². The maximum atomic E-state index is 13.3. The lowest BCUT2D eigenvalue weighted by Crippen LogP contribution is -2.53. The highest BCUT2D eigenvalue weighted by Crippen LogP contribution is 2.49. The molecule has 0 bridgehead atoms. The number of ether oxygens (including phenoxy) is 1. The number of phenolic OH excluding ortho intramolecular Hbond substituents is 1. The number of phenols is 1. The summed E-state index contributed by atoms with van der Waals surface area (Å²) in [5.41, 5.74) is 0.219. The second kappa shape index (κ2) is 7.00. The lowest BCUT2D eigenvalue weighted by atomic mass is 9.80. The van der Waals surface area contributed by atoms with E-state index in [4.69, 9.17) is 4.74 Å². The number of fused-ring (bicyclic) bond motifs is 1. The number of rotatable bonds is 4. The van der Waals surface area contributed by atoms with E-state index >= 15 is 0 Å². The molecular formula is C22H22N2O5. The SMILES string of the molecule is COC(=O)[C@]1(C)N[C@H](c2ccc(O)cc2)[C@@H]2C(=O)N(Cc3ccccc3)C(=O)[C@@H]21. The Morgan fingerprint density at radius 3 is 2.38 bits per heavy atom. The molecule has 0 spiro atoms. The highest BCUT2D eigenvalue weighted by molar-refractivity contribution is 6.09. The number of esters is 1. The van der Waals surface area contributed by atoms with Gasteiger partial charge in [0.2, 0.25) is 11.8 Å². The summed E-state index contributed by atoms with van der Waals surface area (Å²) >= 11 is 0. The van der Waals surface area contributed by atoms with Crippen molar-refractivity contribution in [3.05, 3.63) is 65.7 Å². The lowest BCUT2D eigenvalue weighted by Gasteiger charge is -2.28. The van der Waals surface area contributed by atoms with E-state index in [2.05, 4.69) is 5.32 Å². The van der Waals surface area contributed by atoms with Crippen molar-refractivity contribution < 1.29 is 24.2 Å². The summed E-state index contributed by atoms with van der Waals surface area (Å²) in [6.45, 7) is 1.76. The fraction of sp³-hybridized carbons (Fsp3) is 0.318. The number of hydrogen-bond donors (Lipinski definition) is 2. The molecule has 2 aliphatic heterocycles. The van der Waals surface area contributed by atoms with Gasteiger partial charge < -0.3 is 9.84 Å². The zero-order chi connectivity index (χ0) is 20.8. The minimum absolute atomic E-state index is 0.0959. The van der Waals surface area contributed by atoms with Crippen LogP contribution in [0.4, 0.5) is 0 Å². The molecule has 0 aliphatic carbocycles. The van der Waals surface area contributed by atoms with Crippen LogP contribution in [-0.2, 0) is 25.7 Å². The van der Waals surface area contributed by atoms with Crippen LogP contribution in [0.15, 0.2) is 54.6 Å². The minimum Gasteiger partial charge on any atom is -0.508 e. The number of aromatic hydroxyl groups is 1. The predicted molar refractivity (Wildman–Crippen MR) is 103 cm³/mol. The zero-order valence-electron chi connectivity index (χ0n) is 16.2. The standard InChI is InChI=1S/C22H22N2O5/c1-22(21(28)29-2)17-16(18(23-22)14-8-10-15(25)11-9-14)19(26)24(20(17)27)12-13-6-4-3-5-7-13/h3-11,16-18,23,25H,12H2,1-2H3/t16-,17-,18-,22-/m1/s1. The summed E-state index contributed by atoms with van der Waals surface area (Å²) in [6.07, 6.45) is 0. The molecule has 2 N–H and O–H groups in total. The van der Waals surface area contributed by atoms with Gasteiger partial charge in [0, 0.05) is 6.04 Å². The van der Waals surface area contributed by atoms with E-state index in [1.54, 1.807) is 19.1 Å². The smallest absolute Gasteiger partial charge is 0.326 e. The maximum Gasteiger partial charge on any atom is 0.326 e. The molecular weight excluding hydrogens is 372 g/mol. The molecule has 4 atom stereocenters. The molecule has 2 aromatic rings. The molecule has 7 heteroatoms. The Morgan fingerprint density at radius 1 is 1.10 bits per heavy atom. The number of carbonyl (C=O) groups excluding carboxylic acids is 3. The molecule has 7 nitrogen and oxygen atoms in total. The second-order valence-electron chi connectivity index (χ2n) is 7.66. The second-order valence-corrected chi connectivity index (χ2v) is 7.66. The number of hydrogen-bond acceptors (Lipinski definition) is 6. The average molecular weight is 394 g/mol. The largest absolute Gasteiger partial charge is 0.508 e. The van der Waals surface area contributed by atoms with Crippen molar-refractivity contribution in [1.82, 2.24) is 10.2 Å². The van der Waals surface area contributed by atoms with Gasteiger partial charge in [0.25, 0.3) is 0 Å². The Balaban J connectivity index is 1.74. The van der Waals surface area contributed by atoms with E-state index in [0.29, 0.717) is 5.56 Å². The Hall–Kier alpha value is -3.19. The van der Waals surface area contributed by atoms with Crippen LogP contribution in [0, 0.1) is 11.8 Å². The van der Waals surface area contributed by atoms with Crippen LogP contribution in [0.2, 0.25) is 0 Å². The van der Waals surface area contributed by atoms with E-state index in [1.165, 1.54) is 24.1 Å². The topological polar surface area (TPSA) is 95.9 Å². The Bertz CT molecular complexity index is 959. The van der Waals surface area contributed by atoms with Gasteiger partial charge in [0.05, 0.1) is 25.5 Å². The van der Waals surface area contributed by atoms with Crippen molar-refractivity contribution in [2.75, 3.05) is 7.11 Å². The van der Waals surface area contributed by atoms with Crippen LogP contribution in [0.25, 0.3) is 0 Å². The molecule has 29 heavy (non-hydrogen) atoms. The third-order valence-corrected chi connectivity index (χ3v) is 5.92. The molecule has 2 aliphatic rings. The molecule has 0 saturated carbocycles. The number of likely N-dealkylation sites (tertiary alicyclic amines) is 1. The Morgan fingerprint density at radius 2 is 1.76 bits per heavy atom. The molecule has 0 aromatic heterocycles. The Kier molecular flexibility index (Phi) is 4.62. The Labute approximate surface area is 168 Å². The summed E-state index contributed by atoms with van der Waals surface area (Å²) in [6, 6.07) is 15.1. The number of nitrogens with zero attached hydrogens (tertiary/aromatic N) is 1. The third kappa shape index (κ3) is 2.98. The first-order valence-electron chi connectivity index (χ1n) is 9.41. The first-order valence-corrected chi connectivity index (χ1v) is 9.41. The van der Waals surface area contributed by atoms with Gasteiger partial charge in [-0.05, 0) is 30.2 Å². The maximum absolute atomic E-state index is 13.3. The van der Waals surface area contributed by atoms with Crippen molar-refractivity contribution >= 4 is 17.8 Å². The van der Waals surface area contributed by atoms with Crippen LogP contribution < -0.4 is 5.32 Å². The molecule has 4 rings (SSSR count). The molecule has 150 valence electrons. The van der Waals surface area contributed by atoms with Gasteiger partial charge in [-0.3, -0.25) is 24.6 Å². The molecule has 2 fully saturated rings. The molecule has 2 heterocycles. The summed E-state index contributed by atoms with van der Waals surface area (Å²) < 4.78 is 4.96. The van der Waals surface area contributed by atoms with Crippen LogP contribution in [0.5, 0.6) is 5.75 Å². The highest BCUT2D eigenvalue weighted by atomic mass is 16.5. The van der Waals surface area contributed by atoms with Gasteiger partial charge in [0.15, 0.2) is 0 Å². The van der Waals surface area contributed by atoms with Crippen molar-refractivity contribution in [2.45, 2.75) is 25.0 Å². The van der Waals surface area contributed by atoms with Gasteiger partial charge in [-0.1, -0.05) is 42.5 Å². The number of carbonyl (C=O) groups is 3. The monoisotopic (exact) mass is 394 g/mol. The lowest BCUT2D eigenvalue weighted by molar-refractivity contribution is -0.153. The predicted octanol–water partition coefficient (Wildman–Crippen LogP) is 1.77. The summed E-state index contributed by atoms with van der Waals surface area (Å²) in [7, 11) is 1.27. The number of imide groups is 1. The third-order valence-electron chi connectivity index (χ3n) is 5.92. The number of methoxy groups -OCH3 is 1. The molecule has 2 aromatic carbocycles. The van der Waals surface area contributed by atoms with Gasteiger partial charge >= 0.3 is 5.97 Å². The number of amides is 2. The van der Waals surface area contributed by atoms with Crippen molar-refractivity contribution in [1.29, 1.82) is 0 Å². The molecule has 0 unspecified atom stereocenters. The van der Waals surface area contributed by atoms with Gasteiger partial charge in [-0.2, -0.15) is 0 Å². The van der Waals surface area contributed by atoms with Crippen molar-refractivity contribution in [3.63, 3.8) is 0 Å². The minimum atomic E-state index is -1.33. The summed E-state index contributed by atoms with van der Waals surface area (Å²) in [4.78, 5) is 40.5. The van der Waals surface area contributed by atoms with Crippen molar-refractivity contribution in [2.24, 2.45) is 11.8 Å². The molecule has 2 amide bonds. The highest BCUT2D eigenvalue weighted by Gasteiger charge is 2.66. The summed E-state index contributed by atoms with van der Waals surface area (Å²) in [5, 5.41) is 12.8. The number of nitrogens with one attached hydrogen (secondary N) is 1. The number of benzene rings is 2. The van der Waals surface area contributed by atoms with E-state index in [1.807, 2.05) is 30.3 Å². The van der Waals surface area contributed by atoms with E-state index in [-0.39, 0.29) is 24.1 Å². The quantitative estimate of drug-likeness (QED) is 0.606. The van der Waals surface area contributed by atoms with E-state index in [9.17, 15) is 19.5 Å². The van der Waals surface area contributed by atoms with Crippen LogP contribution in [0.3, 0.4) is 0 Å². The average Bonchev–Trinajstić information content (AvgIpc) is 3.18. The van der Waals surface area contributed by atoms with Gasteiger partial charge in [0.1, 0.15) is 11.3 Å². The normalized spacial score (nSPS) is 28.5. The zero-order valence-corrected chi connectivity index (χ0v) is 16.2. The fourth-order valence-corrected chi connectivity index (χ4v) is 4.49. The van der Waals surface area contributed by atoms with Gasteiger partial charge in [-0.25, -0.2) is 0 Å². The first-order chi connectivity index (χ1) is 13.9. The van der Waals surface area contributed by atoms with Crippen LogP contribution in [-0.4, -0.2) is 40.4 Å². The molecule has 2 saturated heterocycles.